The molecule has 0 aliphatic carbocycles. The average Bonchev–Trinajstić information content (AvgIpc) is 2.44. The molecule has 1 aromatic rings. The van der Waals surface area contributed by atoms with Gasteiger partial charge >= 0.3 is 0 Å². The number of rotatable bonds is 1. The smallest absolute Gasteiger partial charge is 0.132 e. The molecule has 1 aliphatic rings. The third-order valence-corrected chi connectivity index (χ3v) is 2.62. The molecule has 18 heavy (non-hydrogen) atoms. The Morgan fingerprint density at radius 2 is 1.50 bits per heavy atom. The van der Waals surface area contributed by atoms with Crippen molar-refractivity contribution in [3.05, 3.63) is 18.1 Å². The maximum Gasteiger partial charge on any atom is 0.132 e. The quantitative estimate of drug-likeness (QED) is 0.769. The Morgan fingerprint density at radius 3 is 2.00 bits per heavy atom. The summed E-state index contributed by atoms with van der Waals surface area (Å²) in [7, 11) is 2.16. The van der Waals surface area contributed by atoms with Gasteiger partial charge in [0.25, 0.3) is 0 Å². The van der Waals surface area contributed by atoms with E-state index >= 15 is 0 Å². The highest BCUT2D eigenvalue weighted by Crippen LogP contribution is 2.12. The highest BCUT2D eigenvalue weighted by atomic mass is 15.3. The first-order valence-electron chi connectivity index (χ1n) is 6.98. The van der Waals surface area contributed by atoms with Crippen molar-refractivity contribution in [2.45, 2.75) is 34.6 Å². The van der Waals surface area contributed by atoms with Gasteiger partial charge < -0.3 is 9.80 Å². The van der Waals surface area contributed by atoms with Crippen LogP contribution in [0.25, 0.3) is 0 Å². The number of likely N-dealkylation sites (N-methyl/N-ethyl adjacent to an activating group) is 1. The van der Waals surface area contributed by atoms with Gasteiger partial charge in [-0.05, 0) is 14.0 Å². The molecule has 1 fully saturated rings. The van der Waals surface area contributed by atoms with Crippen LogP contribution >= 0.6 is 0 Å². The largest absolute Gasteiger partial charge is 0.354 e. The fourth-order valence-corrected chi connectivity index (χ4v) is 1.65. The minimum atomic E-state index is 1.04. The molecular weight excluding hydrogens is 224 g/mol. The normalized spacial score (nSPS) is 15.1. The summed E-state index contributed by atoms with van der Waals surface area (Å²) in [6.45, 7) is 14.4. The Labute approximate surface area is 112 Å². The van der Waals surface area contributed by atoms with Crippen molar-refractivity contribution in [1.82, 2.24) is 14.9 Å². The second kappa shape index (κ2) is 9.83. The van der Waals surface area contributed by atoms with Gasteiger partial charge in [0.05, 0.1) is 0 Å². The van der Waals surface area contributed by atoms with Gasteiger partial charge in [-0.15, -0.1) is 0 Å². The Kier molecular flexibility index (Phi) is 9.19. The van der Waals surface area contributed by atoms with Crippen molar-refractivity contribution >= 4 is 5.82 Å². The van der Waals surface area contributed by atoms with Crippen LogP contribution in [0.3, 0.4) is 0 Å². The molecule has 1 aromatic heterocycles. The zero-order valence-electron chi connectivity index (χ0n) is 12.8. The van der Waals surface area contributed by atoms with Crippen LogP contribution in [-0.4, -0.2) is 48.1 Å². The molecule has 0 unspecified atom stereocenters. The molecule has 1 aliphatic heterocycles. The molecule has 0 N–H and O–H groups in total. The second-order valence-corrected chi connectivity index (χ2v) is 3.81. The lowest BCUT2D eigenvalue weighted by molar-refractivity contribution is 0.312. The lowest BCUT2D eigenvalue weighted by Gasteiger charge is -2.33. The summed E-state index contributed by atoms with van der Waals surface area (Å²) in [6, 6.07) is 2.05. The average molecular weight is 252 g/mol. The van der Waals surface area contributed by atoms with Crippen molar-refractivity contribution in [2.24, 2.45) is 0 Å². The topological polar surface area (TPSA) is 32.3 Å². The lowest BCUT2D eigenvalue weighted by Crippen LogP contribution is -2.44. The van der Waals surface area contributed by atoms with Crippen molar-refractivity contribution in [1.29, 1.82) is 0 Å². The third-order valence-electron chi connectivity index (χ3n) is 2.62. The maximum atomic E-state index is 4.28. The zero-order valence-corrected chi connectivity index (χ0v) is 12.8. The first kappa shape index (κ1) is 16.8. The monoisotopic (exact) mass is 252 g/mol. The molecule has 2 rings (SSSR count). The van der Waals surface area contributed by atoms with Crippen LogP contribution in [-0.2, 0) is 0 Å². The van der Waals surface area contributed by atoms with Crippen LogP contribution in [0.1, 0.15) is 33.4 Å². The molecule has 4 nitrogen and oxygen atoms in total. The van der Waals surface area contributed by atoms with Gasteiger partial charge in [0, 0.05) is 37.9 Å². The Balaban J connectivity index is 0.000000659. The summed E-state index contributed by atoms with van der Waals surface area (Å²) in [5.41, 5.74) is 1.04. The van der Waals surface area contributed by atoms with Crippen LogP contribution in [0, 0.1) is 6.92 Å². The van der Waals surface area contributed by atoms with E-state index in [0.29, 0.717) is 0 Å². The Bertz CT molecular complexity index is 306. The summed E-state index contributed by atoms with van der Waals surface area (Å²) >= 11 is 0. The van der Waals surface area contributed by atoms with Crippen LogP contribution < -0.4 is 4.90 Å². The maximum absolute atomic E-state index is 4.28. The highest BCUT2D eigenvalue weighted by Gasteiger charge is 2.14. The minimum absolute atomic E-state index is 1.04. The molecule has 0 radical (unpaired) electrons. The van der Waals surface area contributed by atoms with E-state index in [0.717, 1.165) is 37.7 Å². The van der Waals surface area contributed by atoms with E-state index in [4.69, 9.17) is 0 Å². The number of piperazine rings is 1. The summed E-state index contributed by atoms with van der Waals surface area (Å²) in [5, 5.41) is 0. The van der Waals surface area contributed by atoms with E-state index in [-0.39, 0.29) is 0 Å². The predicted octanol–water partition coefficient (Wildman–Crippen LogP) is 2.59. The van der Waals surface area contributed by atoms with Gasteiger partial charge in [0.1, 0.15) is 12.1 Å². The van der Waals surface area contributed by atoms with Gasteiger partial charge in [0.2, 0.25) is 0 Å². The summed E-state index contributed by atoms with van der Waals surface area (Å²) in [5.74, 6) is 1.06. The number of hydrogen-bond acceptors (Lipinski definition) is 4. The lowest BCUT2D eigenvalue weighted by atomic mass is 10.3. The van der Waals surface area contributed by atoms with Crippen molar-refractivity contribution in [3.8, 4) is 0 Å². The summed E-state index contributed by atoms with van der Waals surface area (Å²) < 4.78 is 0. The fraction of sp³-hybridized carbons (Fsp3) is 0.714. The van der Waals surface area contributed by atoms with Gasteiger partial charge in [-0.3, -0.25) is 0 Å². The van der Waals surface area contributed by atoms with Gasteiger partial charge in [0.15, 0.2) is 0 Å². The van der Waals surface area contributed by atoms with Crippen LogP contribution in [0.5, 0.6) is 0 Å². The molecule has 2 heterocycles. The predicted molar refractivity (Wildman–Crippen MR) is 79.2 cm³/mol. The molecule has 0 aromatic carbocycles. The van der Waals surface area contributed by atoms with E-state index in [9.17, 15) is 0 Å². The number of anilines is 1. The molecule has 0 atom stereocenters. The standard InChI is InChI=1S/C10H16N4.2C2H6/c1-9-7-10(12-8-11-9)14-5-3-13(2)4-6-14;2*1-2/h7-8H,3-6H2,1-2H3;2*1-2H3. The molecular formula is C14H28N4. The molecule has 4 heteroatoms. The Morgan fingerprint density at radius 1 is 0.944 bits per heavy atom. The van der Waals surface area contributed by atoms with Gasteiger partial charge in [-0.25, -0.2) is 9.97 Å². The summed E-state index contributed by atoms with van der Waals surface area (Å²) in [6.07, 6.45) is 1.64. The zero-order chi connectivity index (χ0) is 14.0. The molecule has 1 saturated heterocycles. The minimum Gasteiger partial charge on any atom is -0.354 e. The fourth-order valence-electron chi connectivity index (χ4n) is 1.65. The number of aryl methyl sites for hydroxylation is 1. The number of nitrogens with zero attached hydrogens (tertiary/aromatic N) is 4. The second-order valence-electron chi connectivity index (χ2n) is 3.81. The van der Waals surface area contributed by atoms with Crippen molar-refractivity contribution in [2.75, 3.05) is 38.1 Å². The third kappa shape index (κ3) is 5.45. The van der Waals surface area contributed by atoms with E-state index in [1.807, 2.05) is 40.7 Å². The number of hydrogen-bond donors (Lipinski definition) is 0. The Hall–Kier alpha value is -1.16. The van der Waals surface area contributed by atoms with E-state index < -0.39 is 0 Å². The van der Waals surface area contributed by atoms with Crippen molar-refractivity contribution in [3.63, 3.8) is 0 Å². The first-order chi connectivity index (χ1) is 8.75. The van der Waals surface area contributed by atoms with Crippen molar-refractivity contribution < 1.29 is 0 Å². The van der Waals surface area contributed by atoms with Gasteiger partial charge in [-0.1, -0.05) is 27.7 Å². The van der Waals surface area contributed by atoms with E-state index in [2.05, 4.69) is 26.8 Å². The van der Waals surface area contributed by atoms with Crippen LogP contribution in [0.4, 0.5) is 5.82 Å². The first-order valence-corrected chi connectivity index (χ1v) is 6.98. The molecule has 0 bridgehead atoms. The van der Waals surface area contributed by atoms with E-state index in [1.165, 1.54) is 0 Å². The SMILES string of the molecule is CC.CC.Cc1cc(N2CCN(C)CC2)ncn1. The molecule has 0 amide bonds. The van der Waals surface area contributed by atoms with Crippen LogP contribution in [0.15, 0.2) is 12.4 Å². The molecule has 104 valence electrons. The van der Waals surface area contributed by atoms with E-state index in [1.54, 1.807) is 6.33 Å². The summed E-state index contributed by atoms with van der Waals surface area (Å²) in [4.78, 5) is 13.0. The van der Waals surface area contributed by atoms with Gasteiger partial charge in [-0.2, -0.15) is 0 Å². The molecule has 0 saturated carbocycles. The highest BCUT2D eigenvalue weighted by molar-refractivity contribution is 5.39. The van der Waals surface area contributed by atoms with Crippen LogP contribution in [0.2, 0.25) is 0 Å². The number of aromatic nitrogens is 2. The molecule has 0 spiro atoms.